The van der Waals surface area contributed by atoms with Gasteiger partial charge in [0.2, 0.25) is 5.91 Å². The average molecular weight is 415 g/mol. The molecule has 0 bridgehead atoms. The summed E-state index contributed by atoms with van der Waals surface area (Å²) in [6.45, 7) is 5.55. The van der Waals surface area contributed by atoms with Gasteiger partial charge in [0.25, 0.3) is 5.91 Å². The molecule has 1 saturated heterocycles. The minimum atomic E-state index is -0.594. The fraction of sp³-hybridized carbons (Fsp3) is 0.318. The summed E-state index contributed by atoms with van der Waals surface area (Å²) < 4.78 is 5.15. The number of hydrogen-bond acceptors (Lipinski definition) is 4. The van der Waals surface area contributed by atoms with Gasteiger partial charge >= 0.3 is 5.97 Å². The van der Waals surface area contributed by atoms with Crippen molar-refractivity contribution in [2.45, 2.75) is 27.2 Å². The number of halogens is 1. The van der Waals surface area contributed by atoms with Crippen LogP contribution in [0, 0.1) is 26.7 Å². The Balaban J connectivity index is 1.57. The summed E-state index contributed by atoms with van der Waals surface area (Å²) in [6, 6.07) is 11.0. The van der Waals surface area contributed by atoms with E-state index in [1.54, 1.807) is 23.1 Å². The Morgan fingerprint density at radius 1 is 1.14 bits per heavy atom. The molecule has 0 saturated carbocycles. The number of esters is 1. The standard InChI is InChI=1S/C22H23ClN2O4/c1-13-4-5-15(3)19(8-13)25-11-16(9-21(25)27)22(28)29-12-20(26)24-18-10-17(23)7-6-14(18)2/h4-8,10,16H,9,11-12H2,1-3H3,(H,24,26)/t16-/m0/s1. The summed E-state index contributed by atoms with van der Waals surface area (Å²) in [5, 5.41) is 3.18. The van der Waals surface area contributed by atoms with Crippen LogP contribution >= 0.6 is 11.6 Å². The Kier molecular flexibility index (Phi) is 6.23. The van der Waals surface area contributed by atoms with E-state index in [1.807, 2.05) is 39.0 Å². The molecular weight excluding hydrogens is 392 g/mol. The SMILES string of the molecule is Cc1ccc(C)c(N2C[C@@H](C(=O)OCC(=O)Nc3cc(Cl)ccc3C)CC2=O)c1. The maximum absolute atomic E-state index is 12.4. The topological polar surface area (TPSA) is 75.7 Å². The van der Waals surface area contributed by atoms with Crippen LogP contribution in [0.3, 0.4) is 0 Å². The molecule has 29 heavy (non-hydrogen) atoms. The van der Waals surface area contributed by atoms with Gasteiger partial charge in [-0.15, -0.1) is 0 Å². The molecule has 6 nitrogen and oxygen atoms in total. The smallest absolute Gasteiger partial charge is 0.311 e. The minimum Gasteiger partial charge on any atom is -0.455 e. The fourth-order valence-corrected chi connectivity index (χ4v) is 3.45. The van der Waals surface area contributed by atoms with E-state index < -0.39 is 24.4 Å². The molecule has 0 aromatic heterocycles. The van der Waals surface area contributed by atoms with Gasteiger partial charge in [0.05, 0.1) is 5.92 Å². The Labute approximate surface area is 174 Å². The molecule has 1 fully saturated rings. The second-order valence-electron chi connectivity index (χ2n) is 7.31. The Hall–Kier alpha value is -2.86. The van der Waals surface area contributed by atoms with E-state index in [0.717, 1.165) is 22.4 Å². The first-order valence-corrected chi connectivity index (χ1v) is 9.72. The maximum atomic E-state index is 12.4. The highest BCUT2D eigenvalue weighted by molar-refractivity contribution is 6.31. The Morgan fingerprint density at radius 2 is 1.86 bits per heavy atom. The highest BCUT2D eigenvalue weighted by Gasteiger charge is 2.36. The van der Waals surface area contributed by atoms with Gasteiger partial charge in [-0.05, 0) is 55.7 Å². The summed E-state index contributed by atoms with van der Waals surface area (Å²) in [6.07, 6.45) is 0.0707. The molecule has 0 spiro atoms. The third-order valence-corrected chi connectivity index (χ3v) is 5.17. The van der Waals surface area contributed by atoms with Gasteiger partial charge in [0.15, 0.2) is 6.61 Å². The van der Waals surface area contributed by atoms with E-state index in [4.69, 9.17) is 16.3 Å². The first kappa shape index (κ1) is 20.9. The van der Waals surface area contributed by atoms with Crippen LogP contribution in [0.1, 0.15) is 23.1 Å². The van der Waals surface area contributed by atoms with Gasteiger partial charge < -0.3 is 15.0 Å². The quantitative estimate of drug-likeness (QED) is 0.755. The number of hydrogen-bond donors (Lipinski definition) is 1. The molecule has 1 heterocycles. The van der Waals surface area contributed by atoms with Gasteiger partial charge in [-0.3, -0.25) is 14.4 Å². The number of nitrogens with one attached hydrogen (secondary N) is 1. The van der Waals surface area contributed by atoms with E-state index >= 15 is 0 Å². The number of carbonyl (C=O) groups is 3. The molecule has 7 heteroatoms. The summed E-state index contributed by atoms with van der Waals surface area (Å²) in [7, 11) is 0. The highest BCUT2D eigenvalue weighted by atomic mass is 35.5. The number of anilines is 2. The number of rotatable bonds is 5. The Morgan fingerprint density at radius 3 is 2.62 bits per heavy atom. The van der Waals surface area contributed by atoms with Crippen molar-refractivity contribution in [2.24, 2.45) is 5.92 Å². The van der Waals surface area contributed by atoms with Crippen LogP contribution in [0.4, 0.5) is 11.4 Å². The zero-order chi connectivity index (χ0) is 21.1. The van der Waals surface area contributed by atoms with Gasteiger partial charge in [-0.25, -0.2) is 0 Å². The molecule has 152 valence electrons. The molecule has 2 amide bonds. The second kappa shape index (κ2) is 8.66. The molecule has 0 aliphatic carbocycles. The lowest BCUT2D eigenvalue weighted by Gasteiger charge is -2.19. The number of aryl methyl sites for hydroxylation is 3. The lowest BCUT2D eigenvalue weighted by atomic mass is 10.1. The van der Waals surface area contributed by atoms with Crippen molar-refractivity contribution in [2.75, 3.05) is 23.4 Å². The van der Waals surface area contributed by atoms with Crippen LogP contribution in [-0.4, -0.2) is 30.9 Å². The number of nitrogens with zero attached hydrogens (tertiary/aromatic N) is 1. The molecule has 0 radical (unpaired) electrons. The van der Waals surface area contributed by atoms with Crippen molar-refractivity contribution in [1.82, 2.24) is 0 Å². The predicted octanol–water partition coefficient (Wildman–Crippen LogP) is 3.80. The molecule has 2 aromatic carbocycles. The normalized spacial score (nSPS) is 16.1. The third kappa shape index (κ3) is 4.95. The van der Waals surface area contributed by atoms with E-state index in [0.29, 0.717) is 10.7 Å². The average Bonchev–Trinajstić information content (AvgIpc) is 3.06. The number of carbonyl (C=O) groups excluding carboxylic acids is 3. The van der Waals surface area contributed by atoms with Crippen LogP contribution in [0.5, 0.6) is 0 Å². The maximum Gasteiger partial charge on any atom is 0.311 e. The zero-order valence-corrected chi connectivity index (χ0v) is 17.4. The monoisotopic (exact) mass is 414 g/mol. The van der Waals surface area contributed by atoms with Crippen LogP contribution in [0.15, 0.2) is 36.4 Å². The molecule has 0 unspecified atom stereocenters. The van der Waals surface area contributed by atoms with Gasteiger partial charge in [0, 0.05) is 29.4 Å². The van der Waals surface area contributed by atoms with Crippen LogP contribution in [0.2, 0.25) is 5.02 Å². The van der Waals surface area contributed by atoms with Crippen LogP contribution in [-0.2, 0) is 19.1 Å². The van der Waals surface area contributed by atoms with E-state index in [1.165, 1.54) is 0 Å². The molecule has 3 rings (SSSR count). The fourth-order valence-electron chi connectivity index (χ4n) is 3.28. The molecule has 1 N–H and O–H groups in total. The van der Waals surface area contributed by atoms with Crippen molar-refractivity contribution in [3.63, 3.8) is 0 Å². The predicted molar refractivity (Wildman–Crippen MR) is 112 cm³/mol. The molecule has 1 aliphatic rings. The van der Waals surface area contributed by atoms with E-state index in [9.17, 15) is 14.4 Å². The number of benzene rings is 2. The first-order valence-electron chi connectivity index (χ1n) is 9.35. The lowest BCUT2D eigenvalue weighted by molar-refractivity contribution is -0.151. The lowest BCUT2D eigenvalue weighted by Crippen LogP contribution is -2.28. The molecule has 1 aliphatic heterocycles. The largest absolute Gasteiger partial charge is 0.455 e. The van der Waals surface area contributed by atoms with Crippen molar-refractivity contribution in [3.05, 3.63) is 58.1 Å². The van der Waals surface area contributed by atoms with Crippen LogP contribution < -0.4 is 10.2 Å². The van der Waals surface area contributed by atoms with E-state index in [-0.39, 0.29) is 18.9 Å². The minimum absolute atomic E-state index is 0.0707. The first-order chi connectivity index (χ1) is 13.7. The molecular formula is C22H23ClN2O4. The van der Waals surface area contributed by atoms with Gasteiger partial charge in [-0.2, -0.15) is 0 Å². The van der Waals surface area contributed by atoms with Crippen molar-refractivity contribution in [3.8, 4) is 0 Å². The Bertz CT molecular complexity index is 973. The van der Waals surface area contributed by atoms with E-state index in [2.05, 4.69) is 5.32 Å². The molecule has 2 aromatic rings. The van der Waals surface area contributed by atoms with Crippen molar-refractivity contribution in [1.29, 1.82) is 0 Å². The third-order valence-electron chi connectivity index (χ3n) is 4.93. The van der Waals surface area contributed by atoms with Crippen LogP contribution in [0.25, 0.3) is 0 Å². The summed E-state index contributed by atoms with van der Waals surface area (Å²) in [4.78, 5) is 38.6. The highest BCUT2D eigenvalue weighted by Crippen LogP contribution is 2.29. The van der Waals surface area contributed by atoms with Crippen molar-refractivity contribution < 1.29 is 19.1 Å². The molecule has 1 atom stereocenters. The zero-order valence-electron chi connectivity index (χ0n) is 16.6. The summed E-state index contributed by atoms with van der Waals surface area (Å²) >= 11 is 5.94. The van der Waals surface area contributed by atoms with Gasteiger partial charge in [-0.1, -0.05) is 29.8 Å². The summed E-state index contributed by atoms with van der Waals surface area (Å²) in [5.41, 5.74) is 4.22. The second-order valence-corrected chi connectivity index (χ2v) is 7.75. The van der Waals surface area contributed by atoms with Gasteiger partial charge in [0.1, 0.15) is 0 Å². The number of amides is 2. The number of ether oxygens (including phenoxy) is 1. The van der Waals surface area contributed by atoms with Crippen molar-refractivity contribution >= 4 is 40.8 Å². The summed E-state index contributed by atoms with van der Waals surface area (Å²) in [5.74, 6) is -1.73.